The number of halogens is 3. The van der Waals surface area contributed by atoms with Crippen LogP contribution in [0.3, 0.4) is 0 Å². The summed E-state index contributed by atoms with van der Waals surface area (Å²) in [6.45, 7) is 5.21. The Morgan fingerprint density at radius 2 is 1.85 bits per heavy atom. The van der Waals surface area contributed by atoms with Crippen molar-refractivity contribution in [2.75, 3.05) is 26.2 Å². The van der Waals surface area contributed by atoms with E-state index in [4.69, 9.17) is 4.74 Å². The zero-order chi connectivity index (χ0) is 14.6. The molecule has 1 aromatic rings. The van der Waals surface area contributed by atoms with Crippen LogP contribution in [0.2, 0.25) is 0 Å². The van der Waals surface area contributed by atoms with E-state index in [0.717, 1.165) is 37.9 Å². The Labute approximate surface area is 117 Å². The largest absolute Gasteiger partial charge is 0.492 e. The maximum Gasteiger partial charge on any atom is 0.419 e. The molecule has 0 aromatic heterocycles. The van der Waals surface area contributed by atoms with E-state index < -0.39 is 11.7 Å². The maximum atomic E-state index is 12.8. The standard InChI is InChI=1S/C15H20F3NO/c1-12-6-8-19(9-7-12)10-11-20-14-5-3-2-4-13(14)15(16,17)18/h2-5,12H,6-11H2,1H3. The van der Waals surface area contributed by atoms with E-state index >= 15 is 0 Å². The van der Waals surface area contributed by atoms with Crippen molar-refractivity contribution in [1.29, 1.82) is 0 Å². The Kier molecular flexibility index (Phi) is 4.91. The van der Waals surface area contributed by atoms with Crippen molar-refractivity contribution in [3.8, 4) is 5.75 Å². The Morgan fingerprint density at radius 3 is 2.50 bits per heavy atom. The molecule has 0 amide bonds. The van der Waals surface area contributed by atoms with Crippen LogP contribution in [0.1, 0.15) is 25.3 Å². The summed E-state index contributed by atoms with van der Waals surface area (Å²) in [5, 5.41) is 0. The van der Waals surface area contributed by atoms with Crippen LogP contribution < -0.4 is 4.74 Å². The molecule has 2 rings (SSSR count). The predicted octanol–water partition coefficient (Wildman–Crippen LogP) is 3.82. The molecule has 0 bridgehead atoms. The third-order valence-corrected chi connectivity index (χ3v) is 3.73. The number of nitrogens with zero attached hydrogens (tertiary/aromatic N) is 1. The minimum absolute atomic E-state index is 0.0784. The molecule has 0 aliphatic carbocycles. The Morgan fingerprint density at radius 1 is 1.20 bits per heavy atom. The number of hydrogen-bond donors (Lipinski definition) is 0. The third-order valence-electron chi connectivity index (χ3n) is 3.73. The average molecular weight is 287 g/mol. The second-order valence-electron chi connectivity index (χ2n) is 5.37. The lowest BCUT2D eigenvalue weighted by Crippen LogP contribution is -2.35. The predicted molar refractivity (Wildman–Crippen MR) is 71.8 cm³/mol. The summed E-state index contributed by atoms with van der Waals surface area (Å²) in [5.41, 5.74) is -0.702. The van der Waals surface area contributed by atoms with Gasteiger partial charge in [-0.15, -0.1) is 0 Å². The Hall–Kier alpha value is -1.23. The van der Waals surface area contributed by atoms with E-state index in [1.807, 2.05) is 0 Å². The van der Waals surface area contributed by atoms with E-state index in [1.54, 1.807) is 6.07 Å². The number of likely N-dealkylation sites (tertiary alicyclic amines) is 1. The summed E-state index contributed by atoms with van der Waals surface area (Å²) in [5.74, 6) is 0.670. The second-order valence-corrected chi connectivity index (χ2v) is 5.37. The Balaban J connectivity index is 1.85. The molecule has 0 saturated carbocycles. The fourth-order valence-electron chi connectivity index (χ4n) is 2.40. The van der Waals surface area contributed by atoms with Gasteiger partial charge in [-0.3, -0.25) is 4.90 Å². The number of hydrogen-bond acceptors (Lipinski definition) is 2. The number of rotatable bonds is 4. The van der Waals surface area contributed by atoms with Gasteiger partial charge in [-0.1, -0.05) is 19.1 Å². The summed E-state index contributed by atoms with van der Waals surface area (Å²) in [7, 11) is 0. The number of benzene rings is 1. The number of para-hydroxylation sites is 1. The smallest absolute Gasteiger partial charge is 0.419 e. The molecule has 0 atom stereocenters. The van der Waals surface area contributed by atoms with Crippen LogP contribution in [0.15, 0.2) is 24.3 Å². The van der Waals surface area contributed by atoms with Gasteiger partial charge >= 0.3 is 6.18 Å². The van der Waals surface area contributed by atoms with Gasteiger partial charge in [0.25, 0.3) is 0 Å². The van der Waals surface area contributed by atoms with Crippen LogP contribution in [0, 0.1) is 5.92 Å². The molecule has 2 nitrogen and oxygen atoms in total. The van der Waals surface area contributed by atoms with E-state index in [1.165, 1.54) is 12.1 Å². The topological polar surface area (TPSA) is 12.5 Å². The molecule has 0 radical (unpaired) electrons. The van der Waals surface area contributed by atoms with Gasteiger partial charge in [0.15, 0.2) is 0 Å². The van der Waals surface area contributed by atoms with E-state index in [9.17, 15) is 13.2 Å². The zero-order valence-corrected chi connectivity index (χ0v) is 11.6. The van der Waals surface area contributed by atoms with Crippen molar-refractivity contribution in [2.45, 2.75) is 25.9 Å². The van der Waals surface area contributed by atoms with Crippen LogP contribution >= 0.6 is 0 Å². The molecule has 20 heavy (non-hydrogen) atoms. The van der Waals surface area contributed by atoms with E-state index in [2.05, 4.69) is 11.8 Å². The molecule has 1 aromatic carbocycles. The van der Waals surface area contributed by atoms with Crippen molar-refractivity contribution in [2.24, 2.45) is 5.92 Å². The first-order valence-corrected chi connectivity index (χ1v) is 6.98. The molecular weight excluding hydrogens is 267 g/mol. The average Bonchev–Trinajstić information content (AvgIpc) is 2.40. The molecule has 1 saturated heterocycles. The molecule has 112 valence electrons. The summed E-state index contributed by atoms with van der Waals surface area (Å²) >= 11 is 0. The minimum Gasteiger partial charge on any atom is -0.492 e. The molecule has 1 heterocycles. The lowest BCUT2D eigenvalue weighted by atomic mass is 9.99. The molecule has 1 fully saturated rings. The summed E-state index contributed by atoms with van der Waals surface area (Å²) in [4.78, 5) is 2.25. The SMILES string of the molecule is CC1CCN(CCOc2ccccc2C(F)(F)F)CC1. The normalized spacial score (nSPS) is 18.2. The highest BCUT2D eigenvalue weighted by molar-refractivity contribution is 5.35. The van der Waals surface area contributed by atoms with E-state index in [0.29, 0.717) is 13.2 Å². The fraction of sp³-hybridized carbons (Fsp3) is 0.600. The van der Waals surface area contributed by atoms with Crippen LogP contribution in [-0.4, -0.2) is 31.1 Å². The van der Waals surface area contributed by atoms with Gasteiger partial charge in [0.2, 0.25) is 0 Å². The first-order chi connectivity index (χ1) is 9.47. The van der Waals surface area contributed by atoms with Gasteiger partial charge in [0.05, 0.1) is 5.56 Å². The van der Waals surface area contributed by atoms with Crippen molar-refractivity contribution < 1.29 is 17.9 Å². The number of ether oxygens (including phenoxy) is 1. The molecular formula is C15H20F3NO. The highest BCUT2D eigenvalue weighted by Crippen LogP contribution is 2.35. The van der Waals surface area contributed by atoms with Crippen molar-refractivity contribution in [3.63, 3.8) is 0 Å². The third kappa shape index (κ3) is 4.13. The molecule has 1 aliphatic heterocycles. The molecule has 5 heteroatoms. The number of piperidine rings is 1. The van der Waals surface area contributed by atoms with Crippen LogP contribution in [0.25, 0.3) is 0 Å². The lowest BCUT2D eigenvalue weighted by molar-refractivity contribution is -0.139. The van der Waals surface area contributed by atoms with Crippen LogP contribution in [-0.2, 0) is 6.18 Å². The quantitative estimate of drug-likeness (QED) is 0.835. The number of alkyl halides is 3. The lowest BCUT2D eigenvalue weighted by Gasteiger charge is -2.30. The van der Waals surface area contributed by atoms with Gasteiger partial charge in [-0.05, 0) is 44.0 Å². The van der Waals surface area contributed by atoms with E-state index in [-0.39, 0.29) is 5.75 Å². The highest BCUT2D eigenvalue weighted by atomic mass is 19.4. The highest BCUT2D eigenvalue weighted by Gasteiger charge is 2.34. The monoisotopic (exact) mass is 287 g/mol. The van der Waals surface area contributed by atoms with Gasteiger partial charge in [-0.2, -0.15) is 13.2 Å². The van der Waals surface area contributed by atoms with Crippen LogP contribution in [0.4, 0.5) is 13.2 Å². The Bertz CT molecular complexity index is 425. The molecule has 1 aliphatic rings. The first-order valence-electron chi connectivity index (χ1n) is 6.98. The van der Waals surface area contributed by atoms with Crippen molar-refractivity contribution in [3.05, 3.63) is 29.8 Å². The second kappa shape index (κ2) is 6.48. The van der Waals surface area contributed by atoms with Crippen LogP contribution in [0.5, 0.6) is 5.75 Å². The van der Waals surface area contributed by atoms with Gasteiger partial charge < -0.3 is 4.74 Å². The summed E-state index contributed by atoms with van der Waals surface area (Å²) in [6.07, 6.45) is -2.06. The van der Waals surface area contributed by atoms with Gasteiger partial charge in [0.1, 0.15) is 12.4 Å². The fourth-order valence-corrected chi connectivity index (χ4v) is 2.40. The summed E-state index contributed by atoms with van der Waals surface area (Å²) in [6, 6.07) is 5.37. The molecule has 0 spiro atoms. The molecule has 0 N–H and O–H groups in total. The maximum absolute atomic E-state index is 12.8. The first kappa shape index (κ1) is 15.2. The van der Waals surface area contributed by atoms with Crippen molar-refractivity contribution in [1.82, 2.24) is 4.90 Å². The van der Waals surface area contributed by atoms with Crippen molar-refractivity contribution >= 4 is 0 Å². The zero-order valence-electron chi connectivity index (χ0n) is 11.6. The minimum atomic E-state index is -4.36. The molecule has 0 unspecified atom stereocenters. The van der Waals surface area contributed by atoms with Gasteiger partial charge in [0, 0.05) is 6.54 Å². The van der Waals surface area contributed by atoms with Gasteiger partial charge in [-0.25, -0.2) is 0 Å². The summed E-state index contributed by atoms with van der Waals surface area (Å²) < 4.78 is 43.7.